The topological polar surface area (TPSA) is 90.7 Å². The maximum Gasteiger partial charge on any atom is 0.263 e. The molecule has 2 N–H and O–H groups in total. The van der Waals surface area contributed by atoms with Crippen LogP contribution >= 0.6 is 0 Å². The van der Waals surface area contributed by atoms with Gasteiger partial charge in [0.1, 0.15) is 17.5 Å². The van der Waals surface area contributed by atoms with Gasteiger partial charge in [0, 0.05) is 31.3 Å². The molecular formula is C16H15N5O. The molecule has 0 atom stereocenters. The van der Waals surface area contributed by atoms with Gasteiger partial charge in [-0.05, 0) is 30.2 Å². The smallest absolute Gasteiger partial charge is 0.263 e. The predicted octanol–water partition coefficient (Wildman–Crippen LogP) is 1.92. The second-order valence-electron chi connectivity index (χ2n) is 4.58. The largest absolute Gasteiger partial charge is 0.347 e. The van der Waals surface area contributed by atoms with Crippen LogP contribution in [0, 0.1) is 18.3 Å². The van der Waals surface area contributed by atoms with Crippen molar-refractivity contribution in [1.82, 2.24) is 15.3 Å². The summed E-state index contributed by atoms with van der Waals surface area (Å²) in [6, 6.07) is 9.15. The average Bonchev–Trinajstić information content (AvgIpc) is 2.56. The molecule has 2 aromatic rings. The van der Waals surface area contributed by atoms with Gasteiger partial charge in [0.05, 0.1) is 0 Å². The third-order valence-electron chi connectivity index (χ3n) is 2.82. The number of nitriles is 1. The van der Waals surface area contributed by atoms with Gasteiger partial charge in [-0.25, -0.2) is 4.98 Å². The van der Waals surface area contributed by atoms with Crippen LogP contribution in [-0.4, -0.2) is 15.9 Å². The van der Waals surface area contributed by atoms with Crippen LogP contribution in [0.1, 0.15) is 11.1 Å². The molecule has 2 heterocycles. The number of amides is 1. The number of pyridine rings is 2. The number of carbonyl (C=O) groups excluding carboxylic acids is 1. The zero-order chi connectivity index (χ0) is 15.8. The maximum absolute atomic E-state index is 11.9. The summed E-state index contributed by atoms with van der Waals surface area (Å²) in [7, 11) is 0. The van der Waals surface area contributed by atoms with E-state index >= 15 is 0 Å². The Kier molecular flexibility index (Phi) is 5.21. The van der Waals surface area contributed by atoms with Crippen molar-refractivity contribution in [2.24, 2.45) is 0 Å². The van der Waals surface area contributed by atoms with Gasteiger partial charge >= 0.3 is 0 Å². The Bertz CT molecular complexity index is 702. The van der Waals surface area contributed by atoms with Crippen LogP contribution in [0.15, 0.2) is 54.6 Å². The van der Waals surface area contributed by atoms with Crippen LogP contribution in [0.3, 0.4) is 0 Å². The van der Waals surface area contributed by atoms with Gasteiger partial charge < -0.3 is 10.6 Å². The number of anilines is 1. The third-order valence-corrected chi connectivity index (χ3v) is 2.82. The fourth-order valence-electron chi connectivity index (χ4n) is 1.63. The molecule has 0 fully saturated rings. The summed E-state index contributed by atoms with van der Waals surface area (Å²) in [5, 5.41) is 14.6. The second kappa shape index (κ2) is 7.55. The van der Waals surface area contributed by atoms with Gasteiger partial charge in [0.2, 0.25) is 0 Å². The molecule has 110 valence electrons. The molecule has 0 radical (unpaired) electrons. The summed E-state index contributed by atoms with van der Waals surface area (Å²) >= 11 is 0. The van der Waals surface area contributed by atoms with Crippen LogP contribution < -0.4 is 10.6 Å². The summed E-state index contributed by atoms with van der Waals surface area (Å²) in [4.78, 5) is 20.0. The van der Waals surface area contributed by atoms with Crippen molar-refractivity contribution >= 4 is 11.7 Å². The summed E-state index contributed by atoms with van der Waals surface area (Å²) in [5.74, 6) is 0.115. The van der Waals surface area contributed by atoms with E-state index in [-0.39, 0.29) is 5.57 Å². The molecule has 1 amide bonds. The molecule has 2 rings (SSSR count). The van der Waals surface area contributed by atoms with Gasteiger partial charge in [-0.15, -0.1) is 0 Å². The molecule has 0 aliphatic rings. The fraction of sp³-hybridized carbons (Fsp3) is 0.125. The van der Waals surface area contributed by atoms with Crippen LogP contribution in [0.25, 0.3) is 0 Å². The highest BCUT2D eigenvalue weighted by molar-refractivity contribution is 5.97. The number of hydrogen-bond acceptors (Lipinski definition) is 5. The number of nitrogens with zero attached hydrogens (tertiary/aromatic N) is 3. The van der Waals surface area contributed by atoms with Crippen LogP contribution in [-0.2, 0) is 11.3 Å². The molecule has 0 spiro atoms. The summed E-state index contributed by atoms with van der Waals surface area (Å²) in [5.41, 5.74) is 1.87. The maximum atomic E-state index is 11.9. The first-order chi connectivity index (χ1) is 10.7. The SMILES string of the molecule is Cc1ccc(N/C=C(/C#N)C(=O)NCc2cccnc2)nc1. The second-order valence-corrected chi connectivity index (χ2v) is 4.58. The van der Waals surface area contributed by atoms with Crippen molar-refractivity contribution < 1.29 is 4.79 Å². The lowest BCUT2D eigenvalue weighted by Crippen LogP contribution is -2.24. The highest BCUT2D eigenvalue weighted by atomic mass is 16.1. The minimum atomic E-state index is -0.453. The lowest BCUT2D eigenvalue weighted by molar-refractivity contribution is -0.117. The van der Waals surface area contributed by atoms with E-state index in [1.54, 1.807) is 30.7 Å². The standard InChI is InChI=1S/C16H15N5O/c1-12-4-5-15(19-8-12)20-11-14(7-17)16(22)21-10-13-3-2-6-18-9-13/h2-6,8-9,11H,10H2,1H3,(H,19,20)(H,21,22)/b14-11-. The minimum absolute atomic E-state index is 0.0220. The predicted molar refractivity (Wildman–Crippen MR) is 82.4 cm³/mol. The molecule has 6 nitrogen and oxygen atoms in total. The van der Waals surface area contributed by atoms with Crippen molar-refractivity contribution in [3.63, 3.8) is 0 Å². The Morgan fingerprint density at radius 1 is 1.36 bits per heavy atom. The molecule has 0 aliphatic heterocycles. The third kappa shape index (κ3) is 4.42. The van der Waals surface area contributed by atoms with E-state index in [9.17, 15) is 4.79 Å². The van der Waals surface area contributed by atoms with E-state index < -0.39 is 5.91 Å². The van der Waals surface area contributed by atoms with Gasteiger partial charge in [-0.3, -0.25) is 9.78 Å². The van der Waals surface area contributed by atoms with E-state index in [0.717, 1.165) is 11.1 Å². The van der Waals surface area contributed by atoms with Gasteiger partial charge in [0.15, 0.2) is 0 Å². The highest BCUT2D eigenvalue weighted by Gasteiger charge is 2.08. The molecular weight excluding hydrogens is 278 g/mol. The Morgan fingerprint density at radius 2 is 2.23 bits per heavy atom. The first-order valence-corrected chi connectivity index (χ1v) is 6.65. The van der Waals surface area contributed by atoms with Crippen molar-refractivity contribution in [3.8, 4) is 6.07 Å². The molecule has 6 heteroatoms. The van der Waals surface area contributed by atoms with Crippen molar-refractivity contribution in [2.75, 3.05) is 5.32 Å². The Labute approximate surface area is 128 Å². The van der Waals surface area contributed by atoms with Crippen molar-refractivity contribution in [1.29, 1.82) is 5.26 Å². The molecule has 22 heavy (non-hydrogen) atoms. The van der Waals surface area contributed by atoms with Gasteiger partial charge in [-0.2, -0.15) is 5.26 Å². The molecule has 0 saturated carbocycles. The van der Waals surface area contributed by atoms with Crippen LogP contribution in [0.2, 0.25) is 0 Å². The molecule has 0 saturated heterocycles. The van der Waals surface area contributed by atoms with Crippen LogP contribution in [0.5, 0.6) is 0 Å². The number of aromatic nitrogens is 2. The van der Waals surface area contributed by atoms with E-state index in [4.69, 9.17) is 5.26 Å². The fourth-order valence-corrected chi connectivity index (χ4v) is 1.63. The normalized spacial score (nSPS) is 10.6. The Hall–Kier alpha value is -3.20. The lowest BCUT2D eigenvalue weighted by atomic mass is 10.2. The number of carbonyl (C=O) groups is 1. The van der Waals surface area contributed by atoms with E-state index in [1.165, 1.54) is 6.20 Å². The summed E-state index contributed by atoms with van der Waals surface area (Å²) < 4.78 is 0. The molecule has 0 bridgehead atoms. The molecule has 2 aromatic heterocycles. The Morgan fingerprint density at radius 3 is 2.86 bits per heavy atom. The number of rotatable bonds is 5. The Balaban J connectivity index is 1.95. The highest BCUT2D eigenvalue weighted by Crippen LogP contribution is 2.05. The lowest BCUT2D eigenvalue weighted by Gasteiger charge is -2.05. The zero-order valence-corrected chi connectivity index (χ0v) is 12.1. The molecule has 0 aliphatic carbocycles. The van der Waals surface area contributed by atoms with Crippen LogP contribution in [0.4, 0.5) is 5.82 Å². The van der Waals surface area contributed by atoms with Gasteiger partial charge in [0.25, 0.3) is 5.91 Å². The summed E-state index contributed by atoms with van der Waals surface area (Å²) in [6.45, 7) is 2.24. The first kappa shape index (κ1) is 15.2. The summed E-state index contributed by atoms with van der Waals surface area (Å²) in [6.07, 6.45) is 6.36. The zero-order valence-electron chi connectivity index (χ0n) is 12.1. The number of aryl methyl sites for hydroxylation is 1. The van der Waals surface area contributed by atoms with Crippen molar-refractivity contribution in [2.45, 2.75) is 13.5 Å². The average molecular weight is 293 g/mol. The first-order valence-electron chi connectivity index (χ1n) is 6.65. The number of nitrogens with one attached hydrogen (secondary N) is 2. The van der Waals surface area contributed by atoms with Crippen molar-refractivity contribution in [3.05, 3.63) is 65.8 Å². The quantitative estimate of drug-likeness (QED) is 0.649. The van der Waals surface area contributed by atoms with E-state index in [2.05, 4.69) is 20.6 Å². The molecule has 0 aromatic carbocycles. The van der Waals surface area contributed by atoms with E-state index in [0.29, 0.717) is 12.4 Å². The minimum Gasteiger partial charge on any atom is -0.347 e. The molecule has 0 unspecified atom stereocenters. The monoisotopic (exact) mass is 293 g/mol. The number of hydrogen-bond donors (Lipinski definition) is 2. The van der Waals surface area contributed by atoms with Gasteiger partial charge in [-0.1, -0.05) is 12.1 Å². The van der Waals surface area contributed by atoms with E-state index in [1.807, 2.05) is 25.1 Å².